The molecule has 0 radical (unpaired) electrons. The minimum atomic E-state index is -0.191. The van der Waals surface area contributed by atoms with Crippen LogP contribution in [0.3, 0.4) is 0 Å². The molecule has 2 aromatic heterocycles. The largest absolute Gasteiger partial charge is 0.376 e. The molecule has 4 rings (SSSR count). The Labute approximate surface area is 186 Å². The summed E-state index contributed by atoms with van der Waals surface area (Å²) in [4.78, 5) is 13.5. The van der Waals surface area contributed by atoms with Gasteiger partial charge in [0, 0.05) is 11.6 Å². The predicted molar refractivity (Wildman–Crippen MR) is 118 cm³/mol. The van der Waals surface area contributed by atoms with Gasteiger partial charge in [0.1, 0.15) is 0 Å². The molecule has 1 aliphatic rings. The molecule has 0 spiro atoms. The zero-order chi connectivity index (χ0) is 20.2. The van der Waals surface area contributed by atoms with Gasteiger partial charge in [-0.1, -0.05) is 41.0 Å². The maximum Gasteiger partial charge on any atom is 0.234 e. The highest BCUT2D eigenvalue weighted by atomic mass is 35.5. The van der Waals surface area contributed by atoms with Crippen LogP contribution in [0.4, 0.5) is 5.69 Å². The van der Waals surface area contributed by atoms with E-state index in [2.05, 4.69) is 15.5 Å². The summed E-state index contributed by atoms with van der Waals surface area (Å²) in [6.07, 6.45) is 2.22. The third kappa shape index (κ3) is 5.13. The van der Waals surface area contributed by atoms with Crippen LogP contribution in [-0.4, -0.2) is 39.1 Å². The molecule has 1 unspecified atom stereocenters. The van der Waals surface area contributed by atoms with Crippen LogP contribution >= 0.6 is 46.3 Å². The lowest BCUT2D eigenvalue weighted by atomic mass is 10.2. The highest BCUT2D eigenvalue weighted by molar-refractivity contribution is 7.99. The minimum Gasteiger partial charge on any atom is -0.376 e. The van der Waals surface area contributed by atoms with Crippen molar-refractivity contribution < 1.29 is 9.53 Å². The smallest absolute Gasteiger partial charge is 0.234 e. The summed E-state index contributed by atoms with van der Waals surface area (Å²) in [5, 5.41) is 15.1. The molecular formula is C19H18Cl2N4O2S2. The molecule has 3 heterocycles. The molecule has 0 aliphatic carbocycles. The number of thiophene rings is 1. The number of halogens is 2. The van der Waals surface area contributed by atoms with Crippen molar-refractivity contribution >= 4 is 57.9 Å². The molecule has 1 aliphatic heterocycles. The van der Waals surface area contributed by atoms with Gasteiger partial charge in [-0.05, 0) is 42.5 Å². The lowest BCUT2D eigenvalue weighted by Gasteiger charge is -2.14. The van der Waals surface area contributed by atoms with Crippen LogP contribution in [0.5, 0.6) is 0 Å². The van der Waals surface area contributed by atoms with Crippen molar-refractivity contribution in [2.24, 2.45) is 0 Å². The standard InChI is InChI=1S/C19H18Cl2N4O2S2/c20-12-5-6-14(21)15(9-12)22-17(26)11-29-19-24-23-18(16-4-2-8-28-16)25(19)10-13-3-1-7-27-13/h2,4-6,8-9,13H,1,3,7,10-11H2,(H,22,26). The molecule has 1 N–H and O–H groups in total. The number of carbonyl (C=O) groups is 1. The van der Waals surface area contributed by atoms with Crippen molar-refractivity contribution in [3.63, 3.8) is 0 Å². The summed E-state index contributed by atoms with van der Waals surface area (Å²) in [5.41, 5.74) is 0.491. The lowest BCUT2D eigenvalue weighted by Crippen LogP contribution is -2.18. The molecule has 1 saturated heterocycles. The van der Waals surface area contributed by atoms with E-state index in [4.69, 9.17) is 27.9 Å². The Morgan fingerprint density at radius 2 is 2.24 bits per heavy atom. The van der Waals surface area contributed by atoms with E-state index in [-0.39, 0.29) is 17.8 Å². The zero-order valence-electron chi connectivity index (χ0n) is 15.3. The number of aromatic nitrogens is 3. The third-order valence-corrected chi connectivity index (χ3v) is 6.80. The van der Waals surface area contributed by atoms with Crippen LogP contribution in [0.1, 0.15) is 12.8 Å². The van der Waals surface area contributed by atoms with Crippen molar-refractivity contribution in [3.8, 4) is 10.7 Å². The van der Waals surface area contributed by atoms with Crippen LogP contribution in [0, 0.1) is 0 Å². The van der Waals surface area contributed by atoms with E-state index < -0.39 is 0 Å². The van der Waals surface area contributed by atoms with Crippen LogP contribution in [0.25, 0.3) is 10.7 Å². The summed E-state index contributed by atoms with van der Waals surface area (Å²) in [6, 6.07) is 8.95. The fourth-order valence-corrected chi connectivity index (χ4v) is 4.85. The molecule has 0 bridgehead atoms. The van der Waals surface area contributed by atoms with E-state index in [0.29, 0.717) is 27.4 Å². The summed E-state index contributed by atoms with van der Waals surface area (Å²) >= 11 is 15.0. The minimum absolute atomic E-state index is 0.142. The van der Waals surface area contributed by atoms with Gasteiger partial charge >= 0.3 is 0 Å². The Bertz CT molecular complexity index is 988. The first-order valence-corrected chi connectivity index (χ1v) is 11.7. The average molecular weight is 469 g/mol. The quantitative estimate of drug-likeness (QED) is 0.481. The number of nitrogens with one attached hydrogen (secondary N) is 1. The van der Waals surface area contributed by atoms with Gasteiger partial charge < -0.3 is 10.1 Å². The first-order valence-electron chi connectivity index (χ1n) is 9.06. The SMILES string of the molecule is O=C(CSc1nnc(-c2cccs2)n1CC1CCCO1)Nc1cc(Cl)ccc1Cl. The molecule has 1 aromatic carbocycles. The van der Waals surface area contributed by atoms with Crippen LogP contribution in [0.2, 0.25) is 10.0 Å². The van der Waals surface area contributed by atoms with E-state index >= 15 is 0 Å². The van der Waals surface area contributed by atoms with Crippen LogP contribution < -0.4 is 5.32 Å². The monoisotopic (exact) mass is 468 g/mol. The lowest BCUT2D eigenvalue weighted by molar-refractivity contribution is -0.113. The number of hydrogen-bond donors (Lipinski definition) is 1. The molecule has 0 saturated carbocycles. The van der Waals surface area contributed by atoms with Gasteiger partial charge in [0.15, 0.2) is 11.0 Å². The van der Waals surface area contributed by atoms with E-state index in [1.54, 1.807) is 29.5 Å². The molecule has 1 atom stereocenters. The normalized spacial score (nSPS) is 16.3. The molecular weight excluding hydrogens is 451 g/mol. The number of thioether (sulfide) groups is 1. The number of benzene rings is 1. The summed E-state index contributed by atoms with van der Waals surface area (Å²) in [7, 11) is 0. The van der Waals surface area contributed by atoms with Crippen molar-refractivity contribution in [2.45, 2.75) is 30.6 Å². The molecule has 6 nitrogen and oxygen atoms in total. The predicted octanol–water partition coefficient (Wildman–Crippen LogP) is 5.22. The van der Waals surface area contributed by atoms with E-state index in [1.165, 1.54) is 11.8 Å². The summed E-state index contributed by atoms with van der Waals surface area (Å²) in [6.45, 7) is 1.46. The first-order chi connectivity index (χ1) is 14.1. The van der Waals surface area contributed by atoms with E-state index in [0.717, 1.165) is 30.2 Å². The topological polar surface area (TPSA) is 69.0 Å². The second-order valence-electron chi connectivity index (χ2n) is 6.49. The van der Waals surface area contributed by atoms with E-state index in [1.807, 2.05) is 22.1 Å². The average Bonchev–Trinajstić information content (AvgIpc) is 3.45. The van der Waals surface area contributed by atoms with Gasteiger partial charge in [0.05, 0.1) is 34.0 Å². The van der Waals surface area contributed by atoms with Crippen molar-refractivity contribution in [1.82, 2.24) is 14.8 Å². The zero-order valence-corrected chi connectivity index (χ0v) is 18.5. The molecule has 3 aromatic rings. The Hall–Kier alpha value is -1.58. The Balaban J connectivity index is 1.47. The number of nitrogens with zero attached hydrogens (tertiary/aromatic N) is 3. The fourth-order valence-electron chi connectivity index (χ4n) is 3.05. The molecule has 29 heavy (non-hydrogen) atoms. The van der Waals surface area contributed by atoms with Crippen molar-refractivity contribution in [1.29, 1.82) is 0 Å². The molecule has 152 valence electrons. The van der Waals surface area contributed by atoms with Crippen molar-refractivity contribution in [3.05, 3.63) is 45.8 Å². The van der Waals surface area contributed by atoms with E-state index in [9.17, 15) is 4.79 Å². The Kier molecular flexibility index (Phi) is 6.77. The number of amides is 1. The van der Waals surface area contributed by atoms with Crippen LogP contribution in [0.15, 0.2) is 40.9 Å². The molecule has 10 heteroatoms. The first kappa shape index (κ1) is 20.7. The molecule has 1 fully saturated rings. The maximum atomic E-state index is 12.4. The summed E-state index contributed by atoms with van der Waals surface area (Å²) < 4.78 is 7.84. The van der Waals surface area contributed by atoms with Crippen molar-refractivity contribution in [2.75, 3.05) is 17.7 Å². The number of rotatable bonds is 7. The second-order valence-corrected chi connectivity index (χ2v) is 9.22. The highest BCUT2D eigenvalue weighted by Gasteiger charge is 2.22. The summed E-state index contributed by atoms with van der Waals surface area (Å²) in [5.74, 6) is 0.788. The van der Waals surface area contributed by atoms with Crippen LogP contribution in [-0.2, 0) is 16.1 Å². The van der Waals surface area contributed by atoms with Gasteiger partial charge in [-0.2, -0.15) is 0 Å². The Morgan fingerprint density at radius 1 is 1.34 bits per heavy atom. The van der Waals surface area contributed by atoms with Gasteiger partial charge in [-0.15, -0.1) is 21.5 Å². The fraction of sp³-hybridized carbons (Fsp3) is 0.316. The number of ether oxygens (including phenoxy) is 1. The molecule has 1 amide bonds. The number of anilines is 1. The Morgan fingerprint density at radius 3 is 3.00 bits per heavy atom. The van der Waals surface area contributed by atoms with Gasteiger partial charge in [-0.25, -0.2) is 0 Å². The third-order valence-electron chi connectivity index (χ3n) is 4.40. The highest BCUT2D eigenvalue weighted by Crippen LogP contribution is 2.30. The van der Waals surface area contributed by atoms with Gasteiger partial charge in [-0.3, -0.25) is 9.36 Å². The van der Waals surface area contributed by atoms with Gasteiger partial charge in [0.2, 0.25) is 5.91 Å². The maximum absolute atomic E-state index is 12.4. The number of hydrogen-bond acceptors (Lipinski definition) is 6. The van der Waals surface area contributed by atoms with Gasteiger partial charge in [0.25, 0.3) is 0 Å². The number of carbonyl (C=O) groups excluding carboxylic acids is 1. The second kappa shape index (κ2) is 9.49.